The Bertz CT molecular complexity index is 524. The van der Waals surface area contributed by atoms with Gasteiger partial charge in [-0.1, -0.05) is 6.92 Å². The molecule has 2 unspecified atom stereocenters. The van der Waals surface area contributed by atoms with E-state index in [0.29, 0.717) is 11.5 Å². The molecule has 0 amide bonds. The molecule has 0 radical (unpaired) electrons. The molecule has 0 saturated carbocycles. The van der Waals surface area contributed by atoms with Crippen molar-refractivity contribution in [2.45, 2.75) is 45.7 Å². The van der Waals surface area contributed by atoms with E-state index in [2.05, 4.69) is 28.7 Å². The predicted molar refractivity (Wildman–Crippen MR) is 80.3 cm³/mol. The van der Waals surface area contributed by atoms with Crippen LogP contribution >= 0.6 is 0 Å². The number of aromatic nitrogens is 2. The van der Waals surface area contributed by atoms with E-state index in [1.54, 1.807) is 0 Å². The molecule has 1 aromatic rings. The van der Waals surface area contributed by atoms with Crippen LogP contribution in [0.4, 0.5) is 0 Å². The highest BCUT2D eigenvalue weighted by Crippen LogP contribution is 2.28. The summed E-state index contributed by atoms with van der Waals surface area (Å²) in [6, 6.07) is 0.156. The Hall–Kier alpha value is -0.880. The Morgan fingerprint density at radius 2 is 2.30 bits per heavy atom. The minimum absolute atomic E-state index is 0.156. The zero-order valence-corrected chi connectivity index (χ0v) is 13.2. The number of hydrogen-bond acceptors (Lipinski definition) is 4. The number of rotatable bonds is 7. The minimum atomic E-state index is -2.80. The highest BCUT2D eigenvalue weighted by molar-refractivity contribution is 7.91. The monoisotopic (exact) mass is 299 g/mol. The van der Waals surface area contributed by atoms with Crippen LogP contribution < -0.4 is 5.32 Å². The van der Waals surface area contributed by atoms with E-state index >= 15 is 0 Å². The third kappa shape index (κ3) is 3.82. The first-order chi connectivity index (χ1) is 9.55. The normalized spacial score (nSPS) is 23.0. The number of nitrogens with zero attached hydrogens (tertiary/aromatic N) is 2. The predicted octanol–water partition coefficient (Wildman–Crippen LogP) is 1.77. The lowest BCUT2D eigenvalue weighted by Gasteiger charge is -2.21. The van der Waals surface area contributed by atoms with E-state index in [1.165, 1.54) is 0 Å². The molecule has 0 spiro atoms. The zero-order chi connectivity index (χ0) is 14.6. The highest BCUT2D eigenvalue weighted by atomic mass is 32.2. The van der Waals surface area contributed by atoms with Gasteiger partial charge in [-0.25, -0.2) is 13.4 Å². The number of aryl methyl sites for hydroxylation is 1. The Labute approximate surface area is 121 Å². The van der Waals surface area contributed by atoms with Gasteiger partial charge in [-0.05, 0) is 38.6 Å². The zero-order valence-electron chi connectivity index (χ0n) is 12.4. The fourth-order valence-electron chi connectivity index (χ4n) is 2.89. The standard InChI is InChI=1S/C14H25N3O2S/c1-3-6-15-13(14-16-7-8-17(14)4-2)10-12-5-9-20(18,19)11-12/h7-8,12-13,15H,3-6,9-11H2,1-2H3. The summed E-state index contributed by atoms with van der Waals surface area (Å²) in [5, 5.41) is 3.52. The Morgan fingerprint density at radius 1 is 1.50 bits per heavy atom. The summed E-state index contributed by atoms with van der Waals surface area (Å²) in [7, 11) is -2.80. The van der Waals surface area contributed by atoms with Crippen LogP contribution in [-0.4, -0.2) is 36.0 Å². The molecule has 20 heavy (non-hydrogen) atoms. The molecule has 5 nitrogen and oxygen atoms in total. The van der Waals surface area contributed by atoms with Crippen LogP contribution in [0.1, 0.15) is 45.0 Å². The van der Waals surface area contributed by atoms with Gasteiger partial charge in [0.2, 0.25) is 0 Å². The van der Waals surface area contributed by atoms with Gasteiger partial charge in [0, 0.05) is 18.9 Å². The third-order valence-electron chi connectivity index (χ3n) is 3.94. The summed E-state index contributed by atoms with van der Waals surface area (Å²) < 4.78 is 25.3. The largest absolute Gasteiger partial charge is 0.334 e. The summed E-state index contributed by atoms with van der Waals surface area (Å²) in [6.45, 7) is 6.06. The van der Waals surface area contributed by atoms with Crippen molar-refractivity contribution in [1.82, 2.24) is 14.9 Å². The van der Waals surface area contributed by atoms with Crippen molar-refractivity contribution < 1.29 is 8.42 Å². The molecule has 0 aromatic carbocycles. The molecule has 1 aliphatic heterocycles. The van der Waals surface area contributed by atoms with E-state index < -0.39 is 9.84 Å². The van der Waals surface area contributed by atoms with Crippen molar-refractivity contribution >= 4 is 9.84 Å². The molecule has 1 N–H and O–H groups in total. The number of hydrogen-bond donors (Lipinski definition) is 1. The second-order valence-electron chi connectivity index (χ2n) is 5.58. The fraction of sp³-hybridized carbons (Fsp3) is 0.786. The van der Waals surface area contributed by atoms with E-state index in [9.17, 15) is 8.42 Å². The summed E-state index contributed by atoms with van der Waals surface area (Å²) >= 11 is 0. The SMILES string of the molecule is CCCNC(CC1CCS(=O)(=O)C1)c1nccn1CC. The van der Waals surface area contributed by atoms with Gasteiger partial charge < -0.3 is 9.88 Å². The molecule has 2 heterocycles. The summed E-state index contributed by atoms with van der Waals surface area (Å²) in [5.74, 6) is 1.98. The maximum Gasteiger partial charge on any atom is 0.150 e. The molecule has 1 aliphatic rings. The van der Waals surface area contributed by atoms with E-state index in [4.69, 9.17) is 0 Å². The molecule has 114 valence electrons. The van der Waals surface area contributed by atoms with Crippen LogP contribution in [0.3, 0.4) is 0 Å². The maximum absolute atomic E-state index is 11.6. The molecule has 0 bridgehead atoms. The lowest BCUT2D eigenvalue weighted by Crippen LogP contribution is -2.27. The molecular weight excluding hydrogens is 274 g/mol. The van der Waals surface area contributed by atoms with Crippen molar-refractivity contribution in [2.24, 2.45) is 5.92 Å². The van der Waals surface area contributed by atoms with Crippen LogP contribution in [0, 0.1) is 5.92 Å². The van der Waals surface area contributed by atoms with Crippen molar-refractivity contribution in [3.05, 3.63) is 18.2 Å². The number of nitrogens with one attached hydrogen (secondary N) is 1. The first kappa shape index (κ1) is 15.5. The van der Waals surface area contributed by atoms with Crippen LogP contribution in [0.5, 0.6) is 0 Å². The first-order valence-electron chi connectivity index (χ1n) is 7.50. The van der Waals surface area contributed by atoms with Gasteiger partial charge in [0.05, 0.1) is 17.5 Å². The molecule has 1 aromatic heterocycles. The van der Waals surface area contributed by atoms with Gasteiger partial charge in [0.15, 0.2) is 9.84 Å². The van der Waals surface area contributed by atoms with Crippen molar-refractivity contribution in [2.75, 3.05) is 18.1 Å². The van der Waals surface area contributed by atoms with Crippen molar-refractivity contribution in [1.29, 1.82) is 0 Å². The molecule has 1 saturated heterocycles. The Kier molecular flexibility index (Phi) is 5.21. The first-order valence-corrected chi connectivity index (χ1v) is 9.32. The van der Waals surface area contributed by atoms with Crippen LogP contribution in [0.15, 0.2) is 12.4 Å². The lowest BCUT2D eigenvalue weighted by atomic mass is 9.98. The summed E-state index contributed by atoms with van der Waals surface area (Å²) in [6.07, 6.45) is 6.52. The van der Waals surface area contributed by atoms with Gasteiger partial charge in [-0.3, -0.25) is 0 Å². The van der Waals surface area contributed by atoms with Crippen LogP contribution in [0.25, 0.3) is 0 Å². The molecule has 2 atom stereocenters. The Balaban J connectivity index is 2.08. The van der Waals surface area contributed by atoms with E-state index in [0.717, 1.165) is 38.2 Å². The van der Waals surface area contributed by atoms with Crippen molar-refractivity contribution in [3.63, 3.8) is 0 Å². The van der Waals surface area contributed by atoms with Crippen LogP contribution in [-0.2, 0) is 16.4 Å². The molecule has 6 heteroatoms. The van der Waals surface area contributed by atoms with E-state index in [1.807, 2.05) is 12.4 Å². The van der Waals surface area contributed by atoms with E-state index in [-0.39, 0.29) is 12.0 Å². The van der Waals surface area contributed by atoms with Gasteiger partial charge in [0.25, 0.3) is 0 Å². The molecule has 1 fully saturated rings. The maximum atomic E-state index is 11.6. The molecular formula is C14H25N3O2S. The second kappa shape index (κ2) is 6.72. The third-order valence-corrected chi connectivity index (χ3v) is 5.77. The second-order valence-corrected chi connectivity index (χ2v) is 7.81. The number of sulfone groups is 1. The fourth-order valence-corrected chi connectivity index (χ4v) is 4.77. The quantitative estimate of drug-likeness (QED) is 0.833. The lowest BCUT2D eigenvalue weighted by molar-refractivity contribution is 0.390. The number of imidazole rings is 1. The molecule has 2 rings (SSSR count). The smallest absolute Gasteiger partial charge is 0.150 e. The molecule has 0 aliphatic carbocycles. The topological polar surface area (TPSA) is 64.0 Å². The minimum Gasteiger partial charge on any atom is -0.334 e. The van der Waals surface area contributed by atoms with Gasteiger partial charge in [-0.15, -0.1) is 0 Å². The van der Waals surface area contributed by atoms with Gasteiger partial charge >= 0.3 is 0 Å². The average Bonchev–Trinajstić information content (AvgIpc) is 3.00. The van der Waals surface area contributed by atoms with Gasteiger partial charge in [-0.2, -0.15) is 0 Å². The average molecular weight is 299 g/mol. The summed E-state index contributed by atoms with van der Waals surface area (Å²) in [5.41, 5.74) is 0. The summed E-state index contributed by atoms with van der Waals surface area (Å²) in [4.78, 5) is 4.47. The van der Waals surface area contributed by atoms with Crippen molar-refractivity contribution in [3.8, 4) is 0 Å². The highest BCUT2D eigenvalue weighted by Gasteiger charge is 2.31. The van der Waals surface area contributed by atoms with Crippen LogP contribution in [0.2, 0.25) is 0 Å². The van der Waals surface area contributed by atoms with Gasteiger partial charge in [0.1, 0.15) is 5.82 Å². The Morgan fingerprint density at radius 3 is 2.90 bits per heavy atom.